The van der Waals surface area contributed by atoms with Gasteiger partial charge in [-0.25, -0.2) is 4.39 Å². The zero-order valence-corrected chi connectivity index (χ0v) is 12.0. The highest BCUT2D eigenvalue weighted by Crippen LogP contribution is 2.31. The maximum atomic E-state index is 14.1. The van der Waals surface area contributed by atoms with Gasteiger partial charge in [-0.05, 0) is 57.9 Å². The van der Waals surface area contributed by atoms with Crippen LogP contribution in [-0.4, -0.2) is 7.05 Å². The maximum Gasteiger partial charge on any atom is 0.142 e. The second-order valence-corrected chi connectivity index (χ2v) is 5.47. The van der Waals surface area contributed by atoms with Gasteiger partial charge in [0.2, 0.25) is 0 Å². The highest BCUT2D eigenvalue weighted by molar-refractivity contribution is 9.10. The first kappa shape index (κ1) is 12.7. The van der Waals surface area contributed by atoms with Crippen LogP contribution in [-0.2, 0) is 0 Å². The molecule has 0 fully saturated rings. The van der Waals surface area contributed by atoms with E-state index in [0.717, 1.165) is 5.56 Å². The van der Waals surface area contributed by atoms with Crippen molar-refractivity contribution in [1.82, 2.24) is 5.32 Å². The first-order chi connectivity index (χ1) is 8.15. The fourth-order valence-electron chi connectivity index (χ4n) is 1.89. The molecular formula is C13H13BrFNS. The van der Waals surface area contributed by atoms with Crippen molar-refractivity contribution in [2.45, 2.75) is 13.0 Å². The van der Waals surface area contributed by atoms with E-state index in [1.54, 1.807) is 17.4 Å². The normalized spacial score (nSPS) is 12.7. The standard InChI is InChI=1S/C13H13BrFNS/c1-8-6-17-7-10(8)13(16-2)9-4-3-5-11(14)12(9)15/h3-7,13,16H,1-2H3. The second-order valence-electron chi connectivity index (χ2n) is 3.87. The average molecular weight is 314 g/mol. The Hall–Kier alpha value is -0.710. The lowest BCUT2D eigenvalue weighted by Crippen LogP contribution is -2.19. The van der Waals surface area contributed by atoms with Crippen LogP contribution in [0, 0.1) is 12.7 Å². The number of rotatable bonds is 3. The van der Waals surface area contributed by atoms with E-state index in [0.29, 0.717) is 10.0 Å². The van der Waals surface area contributed by atoms with Crippen LogP contribution in [0.1, 0.15) is 22.7 Å². The van der Waals surface area contributed by atoms with Crippen LogP contribution in [0.15, 0.2) is 33.4 Å². The molecule has 1 aromatic carbocycles. The maximum absolute atomic E-state index is 14.1. The van der Waals surface area contributed by atoms with Crippen molar-refractivity contribution in [3.8, 4) is 0 Å². The molecule has 0 aliphatic rings. The molecule has 1 N–H and O–H groups in total. The molecule has 0 aliphatic carbocycles. The van der Waals surface area contributed by atoms with E-state index >= 15 is 0 Å². The molecule has 1 aromatic heterocycles. The highest BCUT2D eigenvalue weighted by atomic mass is 79.9. The Labute approximate surface area is 113 Å². The first-order valence-electron chi connectivity index (χ1n) is 5.29. The Morgan fingerprint density at radius 1 is 1.29 bits per heavy atom. The Morgan fingerprint density at radius 2 is 2.06 bits per heavy atom. The molecule has 2 rings (SSSR count). The fourth-order valence-corrected chi connectivity index (χ4v) is 3.15. The summed E-state index contributed by atoms with van der Waals surface area (Å²) in [5.41, 5.74) is 2.99. The zero-order chi connectivity index (χ0) is 12.4. The Kier molecular flexibility index (Phi) is 3.97. The lowest BCUT2D eigenvalue weighted by atomic mass is 9.98. The quantitative estimate of drug-likeness (QED) is 0.892. The van der Waals surface area contributed by atoms with Crippen LogP contribution < -0.4 is 5.32 Å². The minimum atomic E-state index is -0.197. The van der Waals surface area contributed by atoms with E-state index in [4.69, 9.17) is 0 Å². The van der Waals surface area contributed by atoms with Crippen LogP contribution in [0.3, 0.4) is 0 Å². The highest BCUT2D eigenvalue weighted by Gasteiger charge is 2.19. The van der Waals surface area contributed by atoms with Crippen molar-refractivity contribution in [3.05, 3.63) is 55.9 Å². The van der Waals surface area contributed by atoms with Gasteiger partial charge in [0.1, 0.15) is 5.82 Å². The Bertz CT molecular complexity index is 524. The van der Waals surface area contributed by atoms with E-state index in [-0.39, 0.29) is 11.9 Å². The monoisotopic (exact) mass is 313 g/mol. The SMILES string of the molecule is CNC(c1cscc1C)c1cccc(Br)c1F. The van der Waals surface area contributed by atoms with Gasteiger partial charge < -0.3 is 5.32 Å². The largest absolute Gasteiger partial charge is 0.309 e. The third-order valence-corrected chi connectivity index (χ3v) is 4.28. The van der Waals surface area contributed by atoms with Crippen molar-refractivity contribution < 1.29 is 4.39 Å². The summed E-state index contributed by atoms with van der Waals surface area (Å²) in [7, 11) is 1.85. The summed E-state index contributed by atoms with van der Waals surface area (Å²) in [5.74, 6) is -0.197. The Morgan fingerprint density at radius 3 is 2.65 bits per heavy atom. The van der Waals surface area contributed by atoms with Gasteiger partial charge in [0, 0.05) is 5.56 Å². The lowest BCUT2D eigenvalue weighted by molar-refractivity contribution is 0.570. The summed E-state index contributed by atoms with van der Waals surface area (Å²) in [6.45, 7) is 2.05. The molecule has 0 aliphatic heterocycles. The van der Waals surface area contributed by atoms with Crippen molar-refractivity contribution >= 4 is 27.3 Å². The van der Waals surface area contributed by atoms with E-state index in [2.05, 4.69) is 32.0 Å². The molecule has 1 unspecified atom stereocenters. The smallest absolute Gasteiger partial charge is 0.142 e. The third kappa shape index (κ3) is 2.44. The molecule has 4 heteroatoms. The Balaban J connectivity index is 2.50. The number of nitrogens with one attached hydrogen (secondary N) is 1. The molecule has 1 atom stereocenters. The summed E-state index contributed by atoms with van der Waals surface area (Å²) in [4.78, 5) is 0. The van der Waals surface area contributed by atoms with E-state index in [1.165, 1.54) is 5.56 Å². The number of hydrogen-bond acceptors (Lipinski definition) is 2. The fraction of sp³-hybridized carbons (Fsp3) is 0.231. The topological polar surface area (TPSA) is 12.0 Å². The summed E-state index contributed by atoms with van der Waals surface area (Å²) in [6, 6.07) is 5.29. The van der Waals surface area contributed by atoms with Gasteiger partial charge in [0.15, 0.2) is 0 Å². The predicted molar refractivity (Wildman–Crippen MR) is 74.1 cm³/mol. The number of halogens is 2. The van der Waals surface area contributed by atoms with Gasteiger partial charge in [-0.1, -0.05) is 12.1 Å². The zero-order valence-electron chi connectivity index (χ0n) is 9.63. The van der Waals surface area contributed by atoms with E-state index < -0.39 is 0 Å². The van der Waals surface area contributed by atoms with Crippen LogP contribution in [0.4, 0.5) is 4.39 Å². The number of benzene rings is 1. The molecule has 2 aromatic rings. The van der Waals surface area contributed by atoms with Crippen LogP contribution in [0.25, 0.3) is 0 Å². The molecule has 0 bridgehead atoms. The summed E-state index contributed by atoms with van der Waals surface area (Å²) >= 11 is 4.87. The van der Waals surface area contributed by atoms with Crippen molar-refractivity contribution in [2.24, 2.45) is 0 Å². The number of thiophene rings is 1. The van der Waals surface area contributed by atoms with Gasteiger partial charge in [-0.3, -0.25) is 0 Å². The van der Waals surface area contributed by atoms with Crippen molar-refractivity contribution in [3.63, 3.8) is 0 Å². The van der Waals surface area contributed by atoms with Crippen LogP contribution >= 0.6 is 27.3 Å². The molecule has 0 amide bonds. The molecule has 0 saturated heterocycles. The van der Waals surface area contributed by atoms with Gasteiger partial charge in [-0.2, -0.15) is 11.3 Å². The third-order valence-electron chi connectivity index (χ3n) is 2.79. The number of aryl methyl sites for hydroxylation is 1. The minimum Gasteiger partial charge on any atom is -0.309 e. The molecule has 1 heterocycles. The van der Waals surface area contributed by atoms with Gasteiger partial charge in [0.05, 0.1) is 10.5 Å². The summed E-state index contributed by atoms with van der Waals surface area (Å²) in [5, 5.41) is 7.32. The first-order valence-corrected chi connectivity index (χ1v) is 7.02. The number of hydrogen-bond donors (Lipinski definition) is 1. The average Bonchev–Trinajstić information content (AvgIpc) is 2.72. The summed E-state index contributed by atoms with van der Waals surface area (Å²) < 4.78 is 14.6. The van der Waals surface area contributed by atoms with Gasteiger partial charge in [0.25, 0.3) is 0 Å². The summed E-state index contributed by atoms with van der Waals surface area (Å²) in [6.07, 6.45) is 0. The molecule has 1 nitrogen and oxygen atoms in total. The predicted octanol–water partition coefficient (Wildman–Crippen LogP) is 4.27. The second kappa shape index (κ2) is 5.29. The lowest BCUT2D eigenvalue weighted by Gasteiger charge is -2.18. The minimum absolute atomic E-state index is 0.0984. The molecule has 0 radical (unpaired) electrons. The van der Waals surface area contributed by atoms with Crippen LogP contribution in [0.2, 0.25) is 0 Å². The molecular weight excluding hydrogens is 301 g/mol. The molecule has 17 heavy (non-hydrogen) atoms. The van der Waals surface area contributed by atoms with E-state index in [9.17, 15) is 4.39 Å². The van der Waals surface area contributed by atoms with Gasteiger partial charge in [-0.15, -0.1) is 0 Å². The van der Waals surface area contributed by atoms with Crippen molar-refractivity contribution in [1.29, 1.82) is 0 Å². The van der Waals surface area contributed by atoms with Crippen molar-refractivity contribution in [2.75, 3.05) is 7.05 Å². The molecule has 0 saturated carbocycles. The van der Waals surface area contributed by atoms with Gasteiger partial charge >= 0.3 is 0 Å². The van der Waals surface area contributed by atoms with Crippen LogP contribution in [0.5, 0.6) is 0 Å². The molecule has 0 spiro atoms. The molecule has 90 valence electrons. The van der Waals surface area contributed by atoms with E-state index in [1.807, 2.05) is 26.1 Å².